The highest BCUT2D eigenvalue weighted by atomic mass is 16.3. The van der Waals surface area contributed by atoms with E-state index in [1.807, 2.05) is 6.92 Å². The van der Waals surface area contributed by atoms with Gasteiger partial charge in [0.2, 0.25) is 0 Å². The number of rotatable bonds is 6. The van der Waals surface area contributed by atoms with Crippen molar-refractivity contribution >= 4 is 18.2 Å². The topological polar surface area (TPSA) is 95.7 Å². The van der Waals surface area contributed by atoms with Crippen molar-refractivity contribution in [2.75, 3.05) is 6.54 Å². The number of carbonyl (C=O) groups is 2. The average Bonchev–Trinajstić information content (AvgIpc) is 2.92. The van der Waals surface area contributed by atoms with Gasteiger partial charge in [-0.3, -0.25) is 4.79 Å². The largest absolute Gasteiger partial charge is 0.467 e. The fourth-order valence-electron chi connectivity index (χ4n) is 1.08. The van der Waals surface area contributed by atoms with Gasteiger partial charge in [-0.2, -0.15) is 5.10 Å². The molecule has 3 N–H and O–H groups in total. The normalized spacial score (nSPS) is 10.8. The molecule has 0 unspecified atom stereocenters. The Kier molecular flexibility index (Phi) is 6.49. The molecule has 7 nitrogen and oxygen atoms in total. The van der Waals surface area contributed by atoms with E-state index in [0.29, 0.717) is 5.76 Å². The second-order valence-electron chi connectivity index (χ2n) is 3.45. The lowest BCUT2D eigenvalue weighted by molar-refractivity contribution is -0.120. The molecule has 0 aliphatic rings. The molecule has 0 aliphatic carbocycles. The molecule has 102 valence electrons. The van der Waals surface area contributed by atoms with Crippen LogP contribution in [0.15, 0.2) is 40.1 Å². The first-order valence-electron chi connectivity index (χ1n) is 5.69. The van der Waals surface area contributed by atoms with Crippen molar-refractivity contribution in [3.05, 3.63) is 36.3 Å². The van der Waals surface area contributed by atoms with Crippen LogP contribution in [0.25, 0.3) is 0 Å². The lowest BCUT2D eigenvalue weighted by Crippen LogP contribution is -2.40. The van der Waals surface area contributed by atoms with E-state index in [1.165, 1.54) is 12.5 Å². The molecule has 0 radical (unpaired) electrons. The fourth-order valence-corrected chi connectivity index (χ4v) is 1.08. The molecule has 0 fully saturated rings. The molecular formula is C12H16N4O3. The molecule has 0 aliphatic heterocycles. The summed E-state index contributed by atoms with van der Waals surface area (Å²) in [7, 11) is 0. The first kappa shape index (κ1) is 14.5. The van der Waals surface area contributed by atoms with Gasteiger partial charge in [-0.05, 0) is 25.1 Å². The Morgan fingerprint density at radius 1 is 1.42 bits per heavy atom. The van der Waals surface area contributed by atoms with Crippen LogP contribution in [0, 0.1) is 0 Å². The highest BCUT2D eigenvalue weighted by molar-refractivity contribution is 5.84. The van der Waals surface area contributed by atoms with Gasteiger partial charge < -0.3 is 15.1 Å². The van der Waals surface area contributed by atoms with E-state index in [2.05, 4.69) is 21.2 Å². The minimum Gasteiger partial charge on any atom is -0.467 e. The van der Waals surface area contributed by atoms with Crippen molar-refractivity contribution in [1.29, 1.82) is 0 Å². The zero-order valence-electron chi connectivity index (χ0n) is 10.6. The van der Waals surface area contributed by atoms with E-state index in [1.54, 1.807) is 24.3 Å². The number of hydrogen-bond acceptors (Lipinski definition) is 4. The number of allylic oxidation sites excluding steroid dienone is 2. The molecule has 1 rings (SSSR count). The van der Waals surface area contributed by atoms with Gasteiger partial charge >= 0.3 is 6.03 Å². The highest BCUT2D eigenvalue weighted by Gasteiger charge is 2.04. The number of hydrazone groups is 1. The van der Waals surface area contributed by atoms with E-state index in [-0.39, 0.29) is 13.1 Å². The molecule has 0 bridgehead atoms. The van der Waals surface area contributed by atoms with Gasteiger partial charge in [0, 0.05) is 6.21 Å². The van der Waals surface area contributed by atoms with Gasteiger partial charge in [-0.15, -0.1) is 0 Å². The van der Waals surface area contributed by atoms with Gasteiger partial charge in [-0.1, -0.05) is 6.08 Å². The molecule has 0 saturated carbocycles. The third-order valence-corrected chi connectivity index (χ3v) is 1.96. The molecule has 1 aromatic rings. The maximum absolute atomic E-state index is 11.3. The van der Waals surface area contributed by atoms with E-state index in [4.69, 9.17) is 4.42 Å². The van der Waals surface area contributed by atoms with Gasteiger partial charge in [-0.25, -0.2) is 10.2 Å². The van der Waals surface area contributed by atoms with Crippen LogP contribution < -0.4 is 16.1 Å². The minimum atomic E-state index is -0.455. The van der Waals surface area contributed by atoms with Crippen LogP contribution in [-0.4, -0.2) is 24.7 Å². The molecule has 19 heavy (non-hydrogen) atoms. The summed E-state index contributed by atoms with van der Waals surface area (Å²) in [6.45, 7) is 1.94. The van der Waals surface area contributed by atoms with Crippen LogP contribution in [0.2, 0.25) is 0 Å². The quantitative estimate of drug-likeness (QED) is 0.522. The summed E-state index contributed by atoms with van der Waals surface area (Å²) in [5.74, 6) is 0.226. The van der Waals surface area contributed by atoms with Gasteiger partial charge in [0.25, 0.3) is 5.91 Å². The van der Waals surface area contributed by atoms with E-state index >= 15 is 0 Å². The van der Waals surface area contributed by atoms with Crippen LogP contribution in [0.1, 0.15) is 12.7 Å². The van der Waals surface area contributed by atoms with E-state index < -0.39 is 11.9 Å². The van der Waals surface area contributed by atoms with Gasteiger partial charge in [0.15, 0.2) is 0 Å². The fraction of sp³-hybridized carbons (Fsp3) is 0.250. The molecule has 3 amide bonds. The third kappa shape index (κ3) is 6.67. The number of hydrogen-bond donors (Lipinski definition) is 3. The summed E-state index contributed by atoms with van der Waals surface area (Å²) >= 11 is 0. The standard InChI is InChI=1S/C12H16N4O3/c1-2-3-6-15-16-11(17)9-14-12(18)13-8-10-5-4-7-19-10/h2-7H,8-9H2,1H3,(H,16,17)(H2,13,14,18)/b3-2+,15-6-. The molecule has 7 heteroatoms. The van der Waals surface area contributed by atoms with E-state index in [9.17, 15) is 9.59 Å². The third-order valence-electron chi connectivity index (χ3n) is 1.96. The molecule has 1 aromatic heterocycles. The van der Waals surface area contributed by atoms with Crippen molar-refractivity contribution in [2.45, 2.75) is 13.5 Å². The van der Waals surface area contributed by atoms with Crippen molar-refractivity contribution in [3.63, 3.8) is 0 Å². The van der Waals surface area contributed by atoms with Crippen molar-refractivity contribution in [2.24, 2.45) is 5.10 Å². The average molecular weight is 264 g/mol. The number of nitrogens with one attached hydrogen (secondary N) is 3. The minimum absolute atomic E-state index is 0.156. The SMILES string of the molecule is C/C=C/C=N\NC(=O)CNC(=O)NCc1ccco1. The number of nitrogens with zero attached hydrogens (tertiary/aromatic N) is 1. The summed E-state index contributed by atoms with van der Waals surface area (Å²) in [6, 6.07) is 3.01. The predicted molar refractivity (Wildman–Crippen MR) is 70.4 cm³/mol. The summed E-state index contributed by atoms with van der Waals surface area (Å²) < 4.78 is 5.04. The molecule has 0 spiro atoms. The van der Waals surface area contributed by atoms with Crippen molar-refractivity contribution < 1.29 is 14.0 Å². The van der Waals surface area contributed by atoms with Crippen molar-refractivity contribution in [3.8, 4) is 0 Å². The zero-order chi connectivity index (χ0) is 13.9. The summed E-state index contributed by atoms with van der Waals surface area (Å²) in [5.41, 5.74) is 2.26. The monoisotopic (exact) mass is 264 g/mol. The summed E-state index contributed by atoms with van der Waals surface area (Å²) in [6.07, 6.45) is 6.40. The summed E-state index contributed by atoms with van der Waals surface area (Å²) in [4.78, 5) is 22.6. The number of furan rings is 1. The van der Waals surface area contributed by atoms with Crippen LogP contribution in [-0.2, 0) is 11.3 Å². The molecule has 0 saturated heterocycles. The molecule has 0 atom stereocenters. The number of amides is 3. The Morgan fingerprint density at radius 3 is 2.95 bits per heavy atom. The van der Waals surface area contributed by atoms with Crippen LogP contribution in [0.5, 0.6) is 0 Å². The lowest BCUT2D eigenvalue weighted by atomic mass is 10.4. The second-order valence-corrected chi connectivity index (χ2v) is 3.45. The van der Waals surface area contributed by atoms with Gasteiger partial charge in [0.1, 0.15) is 12.3 Å². The smallest absolute Gasteiger partial charge is 0.315 e. The van der Waals surface area contributed by atoms with Crippen LogP contribution >= 0.6 is 0 Å². The predicted octanol–water partition coefficient (Wildman–Crippen LogP) is 0.757. The maximum atomic E-state index is 11.3. The molecular weight excluding hydrogens is 248 g/mol. The molecule has 0 aromatic carbocycles. The van der Waals surface area contributed by atoms with Crippen LogP contribution in [0.3, 0.4) is 0 Å². The lowest BCUT2D eigenvalue weighted by Gasteiger charge is -2.05. The first-order valence-corrected chi connectivity index (χ1v) is 5.69. The number of urea groups is 1. The molecule has 1 heterocycles. The summed E-state index contributed by atoms with van der Waals surface area (Å²) in [5, 5.41) is 8.56. The Bertz CT molecular complexity index is 452. The Morgan fingerprint density at radius 2 is 2.26 bits per heavy atom. The van der Waals surface area contributed by atoms with E-state index in [0.717, 1.165) is 0 Å². The van der Waals surface area contributed by atoms with Crippen molar-refractivity contribution in [1.82, 2.24) is 16.1 Å². The Labute approximate surface area is 110 Å². The maximum Gasteiger partial charge on any atom is 0.315 e. The Balaban J connectivity index is 2.13. The first-order chi connectivity index (χ1) is 9.22. The zero-order valence-corrected chi connectivity index (χ0v) is 10.6. The number of carbonyl (C=O) groups excluding carboxylic acids is 2. The second kappa shape index (κ2) is 8.51. The van der Waals surface area contributed by atoms with Crippen LogP contribution in [0.4, 0.5) is 4.79 Å². The van der Waals surface area contributed by atoms with Gasteiger partial charge in [0.05, 0.1) is 12.8 Å². The highest BCUT2D eigenvalue weighted by Crippen LogP contribution is 1.97. The Hall–Kier alpha value is -2.57.